The molecule has 0 radical (unpaired) electrons. The standard InChI is InChI=1S/C37H28N4O5/c42-34(21-38-37(45)46-22-32-29-9-3-1-7-27(29)28-8-2-4-10-30(28)32)39-25-17-13-23(14-18-25)35-31-11-5-6-12-33(31)41(40-35)26-19-15-24(16-20-26)36(43)44/h1-20,32H,21-22H2,(H,38,45)(H,39,42)(H,43,44). The molecule has 226 valence electrons. The summed E-state index contributed by atoms with van der Waals surface area (Å²) < 4.78 is 7.30. The minimum atomic E-state index is -0.988. The van der Waals surface area contributed by atoms with Crippen LogP contribution in [0, 0.1) is 0 Å². The topological polar surface area (TPSA) is 123 Å². The number of carbonyl (C=O) groups is 3. The predicted molar refractivity (Wildman–Crippen MR) is 175 cm³/mol. The van der Waals surface area contributed by atoms with Crippen LogP contribution in [0.3, 0.4) is 0 Å². The second-order valence-corrected chi connectivity index (χ2v) is 10.9. The maximum Gasteiger partial charge on any atom is 0.407 e. The van der Waals surface area contributed by atoms with E-state index in [1.807, 2.05) is 60.7 Å². The van der Waals surface area contributed by atoms with E-state index in [0.717, 1.165) is 50.1 Å². The van der Waals surface area contributed by atoms with Crippen LogP contribution in [0.15, 0.2) is 121 Å². The Morgan fingerprint density at radius 2 is 1.39 bits per heavy atom. The van der Waals surface area contributed by atoms with Crippen molar-refractivity contribution in [3.05, 3.63) is 138 Å². The molecule has 0 atom stereocenters. The number of aromatic nitrogens is 2. The number of nitrogens with one attached hydrogen (secondary N) is 2. The molecule has 1 aliphatic rings. The van der Waals surface area contributed by atoms with Crippen molar-refractivity contribution in [1.82, 2.24) is 15.1 Å². The number of rotatable bonds is 8. The van der Waals surface area contributed by atoms with Crippen LogP contribution >= 0.6 is 0 Å². The minimum Gasteiger partial charge on any atom is -0.478 e. The Hall–Kier alpha value is -6.22. The van der Waals surface area contributed by atoms with Crippen molar-refractivity contribution in [2.45, 2.75) is 5.92 Å². The van der Waals surface area contributed by atoms with Crippen LogP contribution in [-0.2, 0) is 9.53 Å². The van der Waals surface area contributed by atoms with E-state index in [1.165, 1.54) is 0 Å². The van der Waals surface area contributed by atoms with E-state index in [2.05, 4.69) is 34.9 Å². The molecule has 0 fully saturated rings. The van der Waals surface area contributed by atoms with Crippen LogP contribution in [0.2, 0.25) is 0 Å². The van der Waals surface area contributed by atoms with Crippen LogP contribution in [-0.4, -0.2) is 46.0 Å². The molecule has 3 N–H and O–H groups in total. The summed E-state index contributed by atoms with van der Waals surface area (Å²) >= 11 is 0. The quantitative estimate of drug-likeness (QED) is 0.173. The van der Waals surface area contributed by atoms with Crippen molar-refractivity contribution in [3.63, 3.8) is 0 Å². The molecule has 0 spiro atoms. The lowest BCUT2D eigenvalue weighted by Crippen LogP contribution is -2.33. The molecule has 0 saturated heterocycles. The van der Waals surface area contributed by atoms with Gasteiger partial charge in [-0.15, -0.1) is 0 Å². The maximum atomic E-state index is 12.6. The number of alkyl carbamates (subject to hydrolysis) is 1. The Balaban J connectivity index is 0.975. The highest BCUT2D eigenvalue weighted by molar-refractivity contribution is 5.96. The highest BCUT2D eigenvalue weighted by Crippen LogP contribution is 2.44. The zero-order valence-corrected chi connectivity index (χ0v) is 24.5. The van der Waals surface area contributed by atoms with Gasteiger partial charge in [-0.05, 0) is 64.7 Å². The lowest BCUT2D eigenvalue weighted by Gasteiger charge is -2.14. The van der Waals surface area contributed by atoms with E-state index >= 15 is 0 Å². The zero-order valence-electron chi connectivity index (χ0n) is 24.5. The molecule has 0 bridgehead atoms. The van der Waals surface area contributed by atoms with Gasteiger partial charge in [0, 0.05) is 22.6 Å². The Morgan fingerprint density at radius 3 is 2.07 bits per heavy atom. The number of hydrogen-bond acceptors (Lipinski definition) is 5. The summed E-state index contributed by atoms with van der Waals surface area (Å²) in [6, 6.07) is 37.8. The molecule has 0 aliphatic heterocycles. The van der Waals surface area contributed by atoms with Crippen LogP contribution in [0.1, 0.15) is 27.4 Å². The number of aromatic carboxylic acids is 1. The predicted octanol–water partition coefficient (Wildman–Crippen LogP) is 6.87. The molecule has 6 aromatic rings. The van der Waals surface area contributed by atoms with Gasteiger partial charge in [-0.1, -0.05) is 78.9 Å². The van der Waals surface area contributed by atoms with Gasteiger partial charge in [0.05, 0.1) is 16.8 Å². The molecule has 46 heavy (non-hydrogen) atoms. The van der Waals surface area contributed by atoms with E-state index in [-0.39, 0.29) is 30.5 Å². The van der Waals surface area contributed by atoms with Gasteiger partial charge < -0.3 is 20.5 Å². The fraction of sp³-hybridized carbons (Fsp3) is 0.0811. The number of fused-ring (bicyclic) bond motifs is 4. The fourth-order valence-corrected chi connectivity index (χ4v) is 5.94. The zero-order chi connectivity index (χ0) is 31.6. The number of ether oxygens (including phenoxy) is 1. The van der Waals surface area contributed by atoms with Gasteiger partial charge in [-0.3, -0.25) is 4.79 Å². The first kappa shape index (κ1) is 28.5. The maximum absolute atomic E-state index is 12.6. The Morgan fingerprint density at radius 1 is 0.761 bits per heavy atom. The smallest absolute Gasteiger partial charge is 0.407 e. The van der Waals surface area contributed by atoms with Crippen LogP contribution in [0.5, 0.6) is 0 Å². The summed E-state index contributed by atoms with van der Waals surface area (Å²) in [7, 11) is 0. The third kappa shape index (κ3) is 5.46. The number of hydrogen-bond donors (Lipinski definition) is 3. The van der Waals surface area contributed by atoms with Crippen molar-refractivity contribution < 1.29 is 24.2 Å². The third-order valence-corrected chi connectivity index (χ3v) is 8.13. The SMILES string of the molecule is O=C(CNC(=O)OCC1c2ccccc2-c2ccccc21)Nc1ccc(-c2nn(-c3ccc(C(=O)O)cc3)c3ccccc23)cc1. The lowest BCUT2D eigenvalue weighted by atomic mass is 9.98. The second-order valence-electron chi connectivity index (χ2n) is 10.9. The van der Waals surface area contributed by atoms with Gasteiger partial charge >= 0.3 is 12.1 Å². The summed E-state index contributed by atoms with van der Waals surface area (Å²) in [5, 5.41) is 20.3. The Labute approximate surface area is 264 Å². The molecule has 9 heteroatoms. The van der Waals surface area contributed by atoms with Crippen LogP contribution in [0.25, 0.3) is 39.0 Å². The summed E-state index contributed by atoms with van der Waals surface area (Å²) in [6.45, 7) is -0.0742. The number of nitrogens with zero attached hydrogens (tertiary/aromatic N) is 2. The summed E-state index contributed by atoms with van der Waals surface area (Å²) in [5.41, 5.74) is 8.48. The number of benzene rings is 5. The highest BCUT2D eigenvalue weighted by atomic mass is 16.5. The molecule has 0 saturated carbocycles. The van der Waals surface area contributed by atoms with Gasteiger partial charge in [-0.2, -0.15) is 5.10 Å². The van der Waals surface area contributed by atoms with Crippen LogP contribution in [0.4, 0.5) is 10.5 Å². The second kappa shape index (κ2) is 12.0. The molecular weight excluding hydrogens is 580 g/mol. The van der Waals surface area contributed by atoms with E-state index < -0.39 is 12.1 Å². The summed E-state index contributed by atoms with van der Waals surface area (Å²) in [5.74, 6) is -1.44. The van der Waals surface area contributed by atoms with Crippen molar-refractivity contribution in [2.24, 2.45) is 0 Å². The van der Waals surface area contributed by atoms with E-state index in [0.29, 0.717) is 5.69 Å². The molecule has 9 nitrogen and oxygen atoms in total. The number of carboxylic acids is 1. The number of anilines is 1. The molecule has 1 aliphatic carbocycles. The average Bonchev–Trinajstić information content (AvgIpc) is 3.63. The van der Waals surface area contributed by atoms with Crippen molar-refractivity contribution in [1.29, 1.82) is 0 Å². The largest absolute Gasteiger partial charge is 0.478 e. The van der Waals surface area contributed by atoms with E-state index in [4.69, 9.17) is 9.84 Å². The first-order valence-electron chi connectivity index (χ1n) is 14.8. The first-order valence-corrected chi connectivity index (χ1v) is 14.8. The molecule has 7 rings (SSSR count). The average molecular weight is 609 g/mol. The molecule has 5 aromatic carbocycles. The number of carboxylic acid groups (broad SMARTS) is 1. The van der Waals surface area contributed by atoms with Crippen LogP contribution < -0.4 is 10.6 Å². The molecule has 2 amide bonds. The van der Waals surface area contributed by atoms with Gasteiger partial charge in [0.15, 0.2) is 0 Å². The van der Waals surface area contributed by atoms with Gasteiger partial charge in [0.2, 0.25) is 5.91 Å². The minimum absolute atomic E-state index is 0.0634. The van der Waals surface area contributed by atoms with Gasteiger partial charge in [0.1, 0.15) is 18.8 Å². The molecule has 1 heterocycles. The highest BCUT2D eigenvalue weighted by Gasteiger charge is 2.29. The van der Waals surface area contributed by atoms with E-state index in [1.54, 1.807) is 41.1 Å². The van der Waals surface area contributed by atoms with Crippen molar-refractivity contribution in [3.8, 4) is 28.1 Å². The molecular formula is C37H28N4O5. The van der Waals surface area contributed by atoms with E-state index in [9.17, 15) is 19.5 Å². The summed E-state index contributed by atoms with van der Waals surface area (Å²) in [6.07, 6.45) is -0.660. The monoisotopic (exact) mass is 608 g/mol. The Kier molecular flexibility index (Phi) is 7.48. The third-order valence-electron chi connectivity index (χ3n) is 8.13. The fourth-order valence-electron chi connectivity index (χ4n) is 5.94. The molecule has 1 aromatic heterocycles. The van der Waals surface area contributed by atoms with Gasteiger partial charge in [0.25, 0.3) is 0 Å². The Bertz CT molecular complexity index is 2060. The molecule has 0 unspecified atom stereocenters. The lowest BCUT2D eigenvalue weighted by molar-refractivity contribution is -0.115. The first-order chi connectivity index (χ1) is 22.5. The number of para-hydroxylation sites is 1. The van der Waals surface area contributed by atoms with Gasteiger partial charge in [-0.25, -0.2) is 14.3 Å². The number of carbonyl (C=O) groups excluding carboxylic acids is 2. The van der Waals surface area contributed by atoms with Crippen molar-refractivity contribution in [2.75, 3.05) is 18.5 Å². The number of amides is 2. The normalized spacial score (nSPS) is 11.9. The van der Waals surface area contributed by atoms with Crippen molar-refractivity contribution >= 4 is 34.6 Å². The summed E-state index contributed by atoms with van der Waals surface area (Å²) in [4.78, 5) is 36.4.